The van der Waals surface area contributed by atoms with E-state index in [-0.39, 0.29) is 0 Å². The van der Waals surface area contributed by atoms with Gasteiger partial charge in [-0.15, -0.1) is 0 Å². The first-order valence-corrected chi connectivity index (χ1v) is 12.6. The second-order valence-electron chi connectivity index (χ2n) is 9.28. The number of hydrogen-bond acceptors (Lipinski definition) is 5. The number of benzene rings is 2. The van der Waals surface area contributed by atoms with Crippen molar-refractivity contribution in [2.75, 3.05) is 33.2 Å². The molecule has 204 valence electrons. The van der Waals surface area contributed by atoms with Gasteiger partial charge in [0, 0.05) is 56.7 Å². The van der Waals surface area contributed by atoms with Gasteiger partial charge >= 0.3 is 6.18 Å². The van der Waals surface area contributed by atoms with E-state index in [1.165, 1.54) is 17.7 Å². The molecule has 1 aliphatic heterocycles. The Labute approximate surface area is 218 Å². The van der Waals surface area contributed by atoms with Gasteiger partial charge in [-0.2, -0.15) is 13.2 Å². The molecular weight excluding hydrogens is 479 g/mol. The highest BCUT2D eigenvalue weighted by Gasteiger charge is 2.30. The highest BCUT2D eigenvalue weighted by atomic mass is 19.4. The van der Waals surface area contributed by atoms with E-state index >= 15 is 0 Å². The molecule has 3 rings (SSSR count). The van der Waals surface area contributed by atoms with E-state index in [0.717, 1.165) is 68.1 Å². The van der Waals surface area contributed by atoms with Crippen LogP contribution in [0.3, 0.4) is 0 Å². The van der Waals surface area contributed by atoms with Crippen LogP contribution < -0.4 is 16.4 Å². The molecule has 0 bridgehead atoms. The fraction of sp³-hybridized carbons (Fsp3) is 0.464. The van der Waals surface area contributed by atoms with Crippen molar-refractivity contribution < 1.29 is 18.0 Å². The summed E-state index contributed by atoms with van der Waals surface area (Å²) in [5, 5.41) is 5.67. The van der Waals surface area contributed by atoms with Gasteiger partial charge in [-0.05, 0) is 57.0 Å². The summed E-state index contributed by atoms with van der Waals surface area (Å²) in [5.74, 6) is 0. The summed E-state index contributed by atoms with van der Waals surface area (Å²) in [6.45, 7) is 8.60. The number of halogens is 3. The van der Waals surface area contributed by atoms with Crippen molar-refractivity contribution in [2.45, 2.75) is 52.0 Å². The first-order chi connectivity index (χ1) is 17.6. The second kappa shape index (κ2) is 15.3. The largest absolute Gasteiger partial charge is 0.416 e. The molecule has 0 radical (unpaired) electrons. The monoisotopic (exact) mass is 519 g/mol. The van der Waals surface area contributed by atoms with Gasteiger partial charge in [-0.3, -0.25) is 14.6 Å². The molecule has 1 saturated heterocycles. The number of amides is 1. The molecule has 2 aromatic rings. The maximum atomic E-state index is 12.7. The van der Waals surface area contributed by atoms with E-state index in [0.29, 0.717) is 25.5 Å². The van der Waals surface area contributed by atoms with Gasteiger partial charge in [0.15, 0.2) is 0 Å². The number of allylic oxidation sites excluding steroid dienone is 1. The molecule has 0 aromatic heterocycles. The Hall–Kier alpha value is -3.04. The molecular formula is C28H40F3N5O. The van der Waals surface area contributed by atoms with Gasteiger partial charge in [0.25, 0.3) is 0 Å². The molecule has 9 heteroatoms. The van der Waals surface area contributed by atoms with Crippen LogP contribution >= 0.6 is 0 Å². The summed E-state index contributed by atoms with van der Waals surface area (Å²) in [6, 6.07) is 16.3. The van der Waals surface area contributed by atoms with Crippen LogP contribution in [-0.2, 0) is 24.1 Å². The third-order valence-electron chi connectivity index (χ3n) is 6.46. The average molecular weight is 520 g/mol. The molecule has 0 saturated carbocycles. The van der Waals surface area contributed by atoms with Crippen LogP contribution in [0.5, 0.6) is 0 Å². The Balaban J connectivity index is 0.000000877. The molecule has 1 amide bonds. The standard InChI is InChI=1S/C25H33F3N4.C3H7NO/c1-19(30-16-20-8-10-22(11-9-20)25(26,27)28)24(29)18-32-14-12-23(13-15-32)31(2)17-21-6-4-3-5-7-21;1-2-4-3-5/h3-11,23,30H,12-18,29H2,1-2H3;3H,2H2,1H3,(H,4,5)/b24-19-;. The number of alkyl halides is 3. The van der Waals surface area contributed by atoms with E-state index in [4.69, 9.17) is 5.73 Å². The molecule has 2 aromatic carbocycles. The number of carbonyl (C=O) groups is 1. The molecule has 0 aliphatic carbocycles. The van der Waals surface area contributed by atoms with Crippen LogP contribution in [0.1, 0.15) is 43.4 Å². The van der Waals surface area contributed by atoms with Crippen molar-refractivity contribution in [3.8, 4) is 0 Å². The third-order valence-corrected chi connectivity index (χ3v) is 6.46. The van der Waals surface area contributed by atoms with Gasteiger partial charge < -0.3 is 16.4 Å². The predicted octanol–water partition coefficient (Wildman–Crippen LogP) is 4.33. The van der Waals surface area contributed by atoms with Crippen LogP contribution in [0.2, 0.25) is 0 Å². The number of piperidine rings is 1. The third kappa shape index (κ3) is 10.9. The molecule has 0 unspecified atom stereocenters. The summed E-state index contributed by atoms with van der Waals surface area (Å²) in [7, 11) is 2.19. The highest BCUT2D eigenvalue weighted by molar-refractivity contribution is 5.45. The molecule has 1 heterocycles. The summed E-state index contributed by atoms with van der Waals surface area (Å²) in [6.07, 6.45) is -1.42. The molecule has 0 atom stereocenters. The summed E-state index contributed by atoms with van der Waals surface area (Å²) >= 11 is 0. The number of carbonyl (C=O) groups excluding carboxylic acids is 1. The normalized spacial score (nSPS) is 15.4. The van der Waals surface area contributed by atoms with Crippen LogP contribution in [-0.4, -0.2) is 55.5 Å². The fourth-order valence-corrected chi connectivity index (χ4v) is 4.12. The maximum Gasteiger partial charge on any atom is 0.416 e. The van der Waals surface area contributed by atoms with Crippen LogP contribution in [0.15, 0.2) is 66.0 Å². The zero-order valence-corrected chi connectivity index (χ0v) is 22.0. The first kappa shape index (κ1) is 30.2. The van der Waals surface area contributed by atoms with Crippen LogP contribution in [0.25, 0.3) is 0 Å². The minimum atomic E-state index is -4.31. The van der Waals surface area contributed by atoms with Crippen molar-refractivity contribution in [3.05, 3.63) is 82.7 Å². The Bertz CT molecular complexity index is 956. The van der Waals surface area contributed by atoms with Crippen molar-refractivity contribution in [3.63, 3.8) is 0 Å². The van der Waals surface area contributed by atoms with Gasteiger partial charge in [-0.1, -0.05) is 42.5 Å². The first-order valence-electron chi connectivity index (χ1n) is 12.6. The molecule has 0 spiro atoms. The summed E-state index contributed by atoms with van der Waals surface area (Å²) in [4.78, 5) is 14.1. The molecule has 37 heavy (non-hydrogen) atoms. The van der Waals surface area contributed by atoms with E-state index in [1.807, 2.05) is 19.9 Å². The lowest BCUT2D eigenvalue weighted by molar-refractivity contribution is -0.137. The van der Waals surface area contributed by atoms with Gasteiger partial charge in [0.2, 0.25) is 6.41 Å². The van der Waals surface area contributed by atoms with E-state index in [2.05, 4.69) is 51.7 Å². The Morgan fingerprint density at radius 2 is 1.70 bits per heavy atom. The minimum absolute atomic E-state index is 0.441. The molecule has 4 N–H and O–H groups in total. The molecule has 1 fully saturated rings. The zero-order chi connectivity index (χ0) is 27.3. The lowest BCUT2D eigenvalue weighted by Gasteiger charge is -2.37. The van der Waals surface area contributed by atoms with Crippen molar-refractivity contribution in [1.29, 1.82) is 0 Å². The number of rotatable bonds is 10. The SMILES string of the molecule is C/C(NCc1ccc(C(F)(F)F)cc1)=C(/N)CN1CCC(N(C)Cc2ccccc2)CC1.CCNC=O. The van der Waals surface area contributed by atoms with E-state index < -0.39 is 11.7 Å². The summed E-state index contributed by atoms with van der Waals surface area (Å²) in [5.41, 5.74) is 9.43. The van der Waals surface area contributed by atoms with Gasteiger partial charge in [-0.25, -0.2) is 0 Å². The van der Waals surface area contributed by atoms with Gasteiger partial charge in [0.1, 0.15) is 0 Å². The maximum absolute atomic E-state index is 12.7. The van der Waals surface area contributed by atoms with Crippen molar-refractivity contribution in [1.82, 2.24) is 20.4 Å². The predicted molar refractivity (Wildman–Crippen MR) is 142 cm³/mol. The molecule has 6 nitrogen and oxygen atoms in total. The van der Waals surface area contributed by atoms with Crippen LogP contribution in [0, 0.1) is 0 Å². The smallest absolute Gasteiger partial charge is 0.400 e. The zero-order valence-electron chi connectivity index (χ0n) is 22.0. The lowest BCUT2D eigenvalue weighted by Crippen LogP contribution is -2.44. The van der Waals surface area contributed by atoms with E-state index in [1.54, 1.807) is 0 Å². The van der Waals surface area contributed by atoms with Crippen molar-refractivity contribution >= 4 is 6.41 Å². The fourth-order valence-electron chi connectivity index (χ4n) is 4.12. The Morgan fingerprint density at radius 3 is 2.22 bits per heavy atom. The minimum Gasteiger partial charge on any atom is -0.400 e. The number of nitrogens with zero attached hydrogens (tertiary/aromatic N) is 2. The number of likely N-dealkylation sites (tertiary alicyclic amines) is 1. The lowest BCUT2D eigenvalue weighted by atomic mass is 10.0. The topological polar surface area (TPSA) is 73.6 Å². The highest BCUT2D eigenvalue weighted by Crippen LogP contribution is 2.29. The van der Waals surface area contributed by atoms with Gasteiger partial charge in [0.05, 0.1) is 5.56 Å². The molecule has 1 aliphatic rings. The van der Waals surface area contributed by atoms with Crippen LogP contribution in [0.4, 0.5) is 13.2 Å². The number of hydrogen-bond donors (Lipinski definition) is 3. The summed E-state index contributed by atoms with van der Waals surface area (Å²) < 4.78 is 38.0. The number of nitrogens with two attached hydrogens (primary N) is 1. The average Bonchev–Trinajstić information content (AvgIpc) is 2.89. The Kier molecular flexibility index (Phi) is 12.5. The van der Waals surface area contributed by atoms with Crippen molar-refractivity contribution in [2.24, 2.45) is 5.73 Å². The van der Waals surface area contributed by atoms with E-state index in [9.17, 15) is 18.0 Å². The second-order valence-corrected chi connectivity index (χ2v) is 9.28. The number of nitrogens with one attached hydrogen (secondary N) is 2. The Morgan fingerprint density at radius 1 is 1.08 bits per heavy atom. The quantitative estimate of drug-likeness (QED) is 0.408.